The molecule has 3 heteroatoms. The van der Waals surface area contributed by atoms with Gasteiger partial charge in [-0.15, -0.1) is 0 Å². The van der Waals surface area contributed by atoms with Gasteiger partial charge in [0, 0.05) is 24.8 Å². The fraction of sp³-hybridized carbons (Fsp3) is 0.583. The van der Waals surface area contributed by atoms with Crippen LogP contribution in [0.25, 0.3) is 0 Å². The first-order chi connectivity index (χ1) is 7.22. The molecule has 0 bridgehead atoms. The third-order valence-corrected chi connectivity index (χ3v) is 3.16. The lowest BCUT2D eigenvalue weighted by Gasteiger charge is -2.17. The molecule has 1 fully saturated rings. The van der Waals surface area contributed by atoms with Crippen LogP contribution in [0.5, 0.6) is 0 Å². The highest BCUT2D eigenvalue weighted by Gasteiger charge is 2.25. The second-order valence-corrected chi connectivity index (χ2v) is 4.34. The van der Waals surface area contributed by atoms with Crippen molar-refractivity contribution in [1.82, 2.24) is 9.47 Å². The zero-order valence-electron chi connectivity index (χ0n) is 9.40. The molecule has 1 saturated carbocycles. The Morgan fingerprint density at radius 2 is 2.27 bits per heavy atom. The van der Waals surface area contributed by atoms with Crippen LogP contribution in [-0.4, -0.2) is 29.1 Å². The Morgan fingerprint density at radius 1 is 1.53 bits per heavy atom. The minimum absolute atomic E-state index is 0.775. The highest BCUT2D eigenvalue weighted by Crippen LogP contribution is 2.25. The van der Waals surface area contributed by atoms with Crippen LogP contribution in [0.4, 0.5) is 0 Å². The minimum atomic E-state index is 0.775. The van der Waals surface area contributed by atoms with Gasteiger partial charge in [0.05, 0.1) is 0 Å². The molecular weight excluding hydrogens is 186 g/mol. The Hall–Kier alpha value is -1.27. The average molecular weight is 203 g/mol. The number of rotatable bonds is 4. The lowest BCUT2D eigenvalue weighted by Crippen LogP contribution is -2.25. The van der Waals surface area contributed by atoms with E-state index in [9.17, 15) is 0 Å². The molecule has 3 nitrogen and oxygen atoms in total. The van der Waals surface area contributed by atoms with Gasteiger partial charge in [-0.05, 0) is 38.9 Å². The van der Waals surface area contributed by atoms with Gasteiger partial charge in [-0.2, -0.15) is 5.26 Å². The quantitative estimate of drug-likeness (QED) is 0.747. The summed E-state index contributed by atoms with van der Waals surface area (Å²) in [6.07, 6.45) is 2.68. The molecule has 0 saturated heterocycles. The average Bonchev–Trinajstić information content (AvgIpc) is 3.01. The number of aromatic nitrogens is 1. The molecule has 0 aliphatic heterocycles. The van der Waals surface area contributed by atoms with Gasteiger partial charge in [0.15, 0.2) is 0 Å². The van der Waals surface area contributed by atoms with E-state index in [0.29, 0.717) is 0 Å². The molecular formula is C12H17N3. The van der Waals surface area contributed by atoms with Crippen LogP contribution < -0.4 is 0 Å². The van der Waals surface area contributed by atoms with Crippen molar-refractivity contribution in [3.63, 3.8) is 0 Å². The lowest BCUT2D eigenvalue weighted by molar-refractivity contribution is 0.308. The Morgan fingerprint density at radius 3 is 2.87 bits per heavy atom. The van der Waals surface area contributed by atoms with Crippen LogP contribution in [0.3, 0.4) is 0 Å². The second kappa shape index (κ2) is 4.08. The summed E-state index contributed by atoms with van der Waals surface area (Å²) in [5.41, 5.74) is 1.95. The topological polar surface area (TPSA) is 32.0 Å². The van der Waals surface area contributed by atoms with Crippen LogP contribution >= 0.6 is 0 Å². The molecule has 1 aromatic heterocycles. The highest BCUT2D eigenvalue weighted by molar-refractivity contribution is 5.26. The second-order valence-electron chi connectivity index (χ2n) is 4.34. The summed E-state index contributed by atoms with van der Waals surface area (Å²) in [4.78, 5) is 2.39. The third kappa shape index (κ3) is 2.21. The number of nitrogens with zero attached hydrogens (tertiary/aromatic N) is 3. The number of hydrogen-bond acceptors (Lipinski definition) is 2. The molecule has 1 aliphatic carbocycles. The fourth-order valence-corrected chi connectivity index (χ4v) is 1.92. The fourth-order valence-electron chi connectivity index (χ4n) is 1.92. The molecule has 0 radical (unpaired) electrons. The van der Waals surface area contributed by atoms with Crippen molar-refractivity contribution in [2.45, 2.75) is 32.4 Å². The van der Waals surface area contributed by atoms with Gasteiger partial charge in [0.25, 0.3) is 0 Å². The normalized spacial score (nSPS) is 15.6. The molecule has 0 unspecified atom stereocenters. The first kappa shape index (κ1) is 10.3. The summed E-state index contributed by atoms with van der Waals surface area (Å²) in [7, 11) is 2.17. The SMILES string of the molecule is Cc1ccc(C#N)n1CCN(C)C1CC1. The van der Waals surface area contributed by atoms with Crippen molar-refractivity contribution in [3.05, 3.63) is 23.5 Å². The summed E-state index contributed by atoms with van der Waals surface area (Å²) in [5.74, 6) is 0. The van der Waals surface area contributed by atoms with Crippen molar-refractivity contribution < 1.29 is 0 Å². The van der Waals surface area contributed by atoms with Gasteiger partial charge in [-0.3, -0.25) is 0 Å². The molecule has 0 aromatic carbocycles. The van der Waals surface area contributed by atoms with E-state index in [-0.39, 0.29) is 0 Å². The molecule has 0 N–H and O–H groups in total. The van der Waals surface area contributed by atoms with E-state index >= 15 is 0 Å². The molecule has 1 aromatic rings. The maximum Gasteiger partial charge on any atom is 0.120 e. The Kier molecular flexibility index (Phi) is 2.79. The summed E-state index contributed by atoms with van der Waals surface area (Å²) in [6.45, 7) is 4.02. The Balaban J connectivity index is 1.97. The van der Waals surface area contributed by atoms with Crippen LogP contribution in [0.1, 0.15) is 24.2 Å². The van der Waals surface area contributed by atoms with Crippen molar-refractivity contribution in [1.29, 1.82) is 5.26 Å². The van der Waals surface area contributed by atoms with Crippen molar-refractivity contribution in [3.8, 4) is 6.07 Å². The zero-order chi connectivity index (χ0) is 10.8. The van der Waals surface area contributed by atoms with E-state index in [0.717, 1.165) is 24.8 Å². The van der Waals surface area contributed by atoms with E-state index in [1.165, 1.54) is 18.5 Å². The maximum absolute atomic E-state index is 8.93. The predicted molar refractivity (Wildman–Crippen MR) is 59.5 cm³/mol. The molecule has 1 heterocycles. The number of likely N-dealkylation sites (N-methyl/N-ethyl adjacent to an activating group) is 1. The summed E-state index contributed by atoms with van der Waals surface area (Å²) in [6, 6.07) is 6.93. The van der Waals surface area contributed by atoms with Crippen LogP contribution in [-0.2, 0) is 6.54 Å². The summed E-state index contributed by atoms with van der Waals surface area (Å²) >= 11 is 0. The van der Waals surface area contributed by atoms with Gasteiger partial charge in [-0.1, -0.05) is 0 Å². The Bertz CT molecular complexity index is 382. The summed E-state index contributed by atoms with van der Waals surface area (Å²) < 4.78 is 2.10. The summed E-state index contributed by atoms with van der Waals surface area (Å²) in [5, 5.41) is 8.93. The lowest BCUT2D eigenvalue weighted by atomic mass is 10.4. The van der Waals surface area contributed by atoms with E-state index in [1.807, 2.05) is 12.1 Å². The van der Waals surface area contributed by atoms with Crippen molar-refractivity contribution in [2.24, 2.45) is 0 Å². The van der Waals surface area contributed by atoms with Crippen LogP contribution in [0.15, 0.2) is 12.1 Å². The molecule has 0 spiro atoms. The van der Waals surface area contributed by atoms with E-state index in [1.54, 1.807) is 0 Å². The van der Waals surface area contributed by atoms with Crippen molar-refractivity contribution in [2.75, 3.05) is 13.6 Å². The van der Waals surface area contributed by atoms with Gasteiger partial charge in [0.2, 0.25) is 0 Å². The maximum atomic E-state index is 8.93. The first-order valence-corrected chi connectivity index (χ1v) is 5.49. The molecule has 15 heavy (non-hydrogen) atoms. The van der Waals surface area contributed by atoms with Gasteiger partial charge < -0.3 is 9.47 Å². The standard InChI is InChI=1S/C12H17N3/c1-10-3-4-12(9-13)15(10)8-7-14(2)11-5-6-11/h3-4,11H,5-8H2,1-2H3. The number of hydrogen-bond donors (Lipinski definition) is 0. The number of aryl methyl sites for hydroxylation is 1. The monoisotopic (exact) mass is 203 g/mol. The largest absolute Gasteiger partial charge is 0.336 e. The smallest absolute Gasteiger partial charge is 0.120 e. The zero-order valence-corrected chi connectivity index (χ0v) is 9.40. The van der Waals surface area contributed by atoms with Crippen LogP contribution in [0.2, 0.25) is 0 Å². The van der Waals surface area contributed by atoms with Crippen LogP contribution in [0, 0.1) is 18.3 Å². The third-order valence-electron chi connectivity index (χ3n) is 3.16. The highest BCUT2D eigenvalue weighted by atomic mass is 15.2. The van der Waals surface area contributed by atoms with Gasteiger partial charge in [0.1, 0.15) is 11.8 Å². The molecule has 0 amide bonds. The van der Waals surface area contributed by atoms with E-state index in [4.69, 9.17) is 5.26 Å². The molecule has 80 valence electrons. The molecule has 0 atom stereocenters. The number of nitriles is 1. The molecule has 1 aliphatic rings. The van der Waals surface area contributed by atoms with Crippen molar-refractivity contribution >= 4 is 0 Å². The first-order valence-electron chi connectivity index (χ1n) is 5.49. The Labute approximate surface area is 90.9 Å². The van der Waals surface area contributed by atoms with Gasteiger partial charge in [-0.25, -0.2) is 0 Å². The van der Waals surface area contributed by atoms with E-state index in [2.05, 4.69) is 29.5 Å². The van der Waals surface area contributed by atoms with E-state index < -0.39 is 0 Å². The predicted octanol–water partition coefficient (Wildman–Crippen LogP) is 1.76. The van der Waals surface area contributed by atoms with Gasteiger partial charge >= 0.3 is 0 Å². The molecule has 2 rings (SSSR count). The minimum Gasteiger partial charge on any atom is -0.336 e.